The van der Waals surface area contributed by atoms with Crippen LogP contribution in [0.1, 0.15) is 11.1 Å². The van der Waals surface area contributed by atoms with Crippen LogP contribution in [0.5, 0.6) is 0 Å². The summed E-state index contributed by atoms with van der Waals surface area (Å²) in [6, 6.07) is 8.30. The van der Waals surface area contributed by atoms with Crippen LogP contribution in [0.15, 0.2) is 42.5 Å². The van der Waals surface area contributed by atoms with E-state index < -0.39 is 33.5 Å². The number of halogens is 7. The van der Waals surface area contributed by atoms with Crippen molar-refractivity contribution in [1.29, 1.82) is 0 Å². The molecule has 0 saturated carbocycles. The molecule has 0 aliphatic carbocycles. The summed E-state index contributed by atoms with van der Waals surface area (Å²) in [6.07, 6.45) is -10.7. The van der Waals surface area contributed by atoms with Gasteiger partial charge in [-0.25, -0.2) is 12.7 Å². The molecule has 2 aliphatic rings. The van der Waals surface area contributed by atoms with Crippen LogP contribution in [-0.4, -0.2) is 67.5 Å². The van der Waals surface area contributed by atoms with Gasteiger partial charge in [-0.3, -0.25) is 4.90 Å². The first kappa shape index (κ1) is 26.2. The molecule has 2 fully saturated rings. The fourth-order valence-electron chi connectivity index (χ4n) is 4.68. The van der Waals surface area contributed by atoms with Crippen LogP contribution in [0.4, 0.5) is 26.3 Å². The molecule has 2 aromatic carbocycles. The molecule has 0 aromatic heterocycles. The topological polar surface area (TPSA) is 60.9 Å². The molecule has 2 saturated heterocycles. The third kappa shape index (κ3) is 4.66. The standard InChI is InChI=1S/C22H21ClF6N2O3S/c1-35(33,34)31-12-19(13-31)10-30(11-19)9-14-2-7-17(18(23)8-14)15-3-5-16(6-4-15)20(32,21(24,25)26)22(27,28)29/h2-8,32H,9-13H2,1H3. The number of aliphatic hydroxyl groups is 1. The van der Waals surface area contributed by atoms with Crippen molar-refractivity contribution in [2.24, 2.45) is 5.41 Å². The highest BCUT2D eigenvalue weighted by molar-refractivity contribution is 7.88. The van der Waals surface area contributed by atoms with Crippen molar-refractivity contribution in [3.05, 3.63) is 58.6 Å². The summed E-state index contributed by atoms with van der Waals surface area (Å²) in [5, 5.41) is 9.78. The van der Waals surface area contributed by atoms with Gasteiger partial charge >= 0.3 is 12.4 Å². The van der Waals surface area contributed by atoms with Gasteiger partial charge in [-0.2, -0.15) is 26.3 Å². The minimum absolute atomic E-state index is 0.0245. The second kappa shape index (κ2) is 8.34. The highest BCUT2D eigenvalue weighted by Gasteiger charge is 2.71. The van der Waals surface area contributed by atoms with E-state index in [9.17, 15) is 39.9 Å². The highest BCUT2D eigenvalue weighted by Crippen LogP contribution is 2.50. The van der Waals surface area contributed by atoms with Crippen LogP contribution >= 0.6 is 11.6 Å². The number of likely N-dealkylation sites (tertiary alicyclic amines) is 1. The molecule has 0 amide bonds. The average Bonchev–Trinajstić information content (AvgIpc) is 2.65. The van der Waals surface area contributed by atoms with Gasteiger partial charge < -0.3 is 5.11 Å². The van der Waals surface area contributed by atoms with Crippen molar-refractivity contribution in [2.75, 3.05) is 32.4 Å². The molecule has 0 unspecified atom stereocenters. The zero-order chi connectivity index (χ0) is 26.0. The van der Waals surface area contributed by atoms with Crippen molar-refractivity contribution in [1.82, 2.24) is 9.21 Å². The summed E-state index contributed by atoms with van der Waals surface area (Å²) < 4.78 is 103. The van der Waals surface area contributed by atoms with E-state index in [1.807, 2.05) is 0 Å². The van der Waals surface area contributed by atoms with Crippen LogP contribution in [0.25, 0.3) is 11.1 Å². The summed E-state index contributed by atoms with van der Waals surface area (Å²) in [5.41, 5.74) is -4.80. The fraction of sp³-hybridized carbons (Fsp3) is 0.455. The molecule has 13 heteroatoms. The Morgan fingerprint density at radius 1 is 0.943 bits per heavy atom. The van der Waals surface area contributed by atoms with E-state index in [-0.39, 0.29) is 16.0 Å². The summed E-state index contributed by atoms with van der Waals surface area (Å²) in [4.78, 5) is 2.13. The Hall–Kier alpha value is -1.86. The second-order valence-corrected chi connectivity index (χ2v) is 11.7. The number of nitrogens with zero attached hydrogens (tertiary/aromatic N) is 2. The zero-order valence-corrected chi connectivity index (χ0v) is 19.9. The van der Waals surface area contributed by atoms with Crippen LogP contribution in [0.2, 0.25) is 5.02 Å². The van der Waals surface area contributed by atoms with E-state index in [2.05, 4.69) is 4.90 Å². The molecule has 0 atom stereocenters. The monoisotopic (exact) mass is 542 g/mol. The van der Waals surface area contributed by atoms with Crippen molar-refractivity contribution in [3.63, 3.8) is 0 Å². The Morgan fingerprint density at radius 3 is 1.94 bits per heavy atom. The molecular formula is C22H21ClF6N2O3S. The van der Waals surface area contributed by atoms with Crippen LogP contribution in [0.3, 0.4) is 0 Å². The first-order chi connectivity index (χ1) is 16.0. The molecule has 0 radical (unpaired) electrons. The van der Waals surface area contributed by atoms with E-state index in [4.69, 9.17) is 11.6 Å². The number of hydrogen-bond donors (Lipinski definition) is 1. The number of sulfonamides is 1. The van der Waals surface area contributed by atoms with Gasteiger partial charge in [0.1, 0.15) is 0 Å². The summed E-state index contributed by atoms with van der Waals surface area (Å²) in [5.74, 6) is 0. The minimum Gasteiger partial charge on any atom is -0.369 e. The molecular weight excluding hydrogens is 522 g/mol. The van der Waals surface area contributed by atoms with Crippen molar-refractivity contribution >= 4 is 21.6 Å². The maximum Gasteiger partial charge on any atom is 0.430 e. The largest absolute Gasteiger partial charge is 0.430 e. The molecule has 1 N–H and O–H groups in total. The van der Waals surface area contributed by atoms with E-state index in [1.54, 1.807) is 18.2 Å². The number of rotatable bonds is 5. The number of hydrogen-bond acceptors (Lipinski definition) is 4. The lowest BCUT2D eigenvalue weighted by Gasteiger charge is -2.59. The summed E-state index contributed by atoms with van der Waals surface area (Å²) in [6.45, 7) is 3.03. The van der Waals surface area contributed by atoms with Gasteiger partial charge in [-0.05, 0) is 17.2 Å². The van der Waals surface area contributed by atoms with Gasteiger partial charge in [0.15, 0.2) is 0 Å². The molecule has 35 heavy (non-hydrogen) atoms. The predicted molar refractivity (Wildman–Crippen MR) is 117 cm³/mol. The van der Waals surface area contributed by atoms with Crippen molar-refractivity contribution in [2.45, 2.75) is 24.5 Å². The summed E-state index contributed by atoms with van der Waals surface area (Å²) >= 11 is 6.35. The molecule has 1 spiro atoms. The molecule has 5 nitrogen and oxygen atoms in total. The number of alkyl halides is 6. The molecule has 2 aliphatic heterocycles. The van der Waals surface area contributed by atoms with Gasteiger partial charge in [0.2, 0.25) is 10.0 Å². The van der Waals surface area contributed by atoms with Crippen molar-refractivity contribution in [3.8, 4) is 11.1 Å². The molecule has 4 rings (SSSR count). The molecule has 192 valence electrons. The minimum atomic E-state index is -5.95. The van der Waals surface area contributed by atoms with E-state index in [0.29, 0.717) is 37.3 Å². The third-order valence-electron chi connectivity index (χ3n) is 6.48. The second-order valence-electron chi connectivity index (χ2n) is 9.27. The highest BCUT2D eigenvalue weighted by atomic mass is 35.5. The van der Waals surface area contributed by atoms with Gasteiger partial charge in [0.05, 0.1) is 6.26 Å². The normalized spacial score (nSPS) is 19.5. The van der Waals surface area contributed by atoms with Crippen LogP contribution in [0, 0.1) is 5.41 Å². The fourth-order valence-corrected chi connectivity index (χ4v) is 6.01. The zero-order valence-electron chi connectivity index (χ0n) is 18.3. The van der Waals surface area contributed by atoms with E-state index in [0.717, 1.165) is 30.8 Å². The average molecular weight is 543 g/mol. The lowest BCUT2D eigenvalue weighted by atomic mass is 9.74. The van der Waals surface area contributed by atoms with Crippen LogP contribution in [-0.2, 0) is 22.2 Å². The predicted octanol–water partition coefficient (Wildman–Crippen LogP) is 4.40. The Morgan fingerprint density at radius 2 is 1.49 bits per heavy atom. The maximum absolute atomic E-state index is 13.1. The Kier molecular flexibility index (Phi) is 6.24. The Bertz CT molecular complexity index is 1200. The number of benzene rings is 2. The van der Waals surface area contributed by atoms with E-state index >= 15 is 0 Å². The van der Waals surface area contributed by atoms with E-state index in [1.165, 1.54) is 10.6 Å². The summed E-state index contributed by atoms with van der Waals surface area (Å²) in [7, 11) is -3.18. The molecule has 0 bridgehead atoms. The molecule has 2 aromatic rings. The third-order valence-corrected chi connectivity index (χ3v) is 7.99. The molecule has 2 heterocycles. The first-order valence-corrected chi connectivity index (χ1v) is 12.6. The Labute approximate surface area is 202 Å². The van der Waals surface area contributed by atoms with Crippen LogP contribution < -0.4 is 0 Å². The van der Waals surface area contributed by atoms with Gasteiger partial charge in [-0.15, -0.1) is 0 Å². The first-order valence-electron chi connectivity index (χ1n) is 10.4. The SMILES string of the molecule is CS(=O)(=O)N1CC2(CN(Cc3ccc(-c4ccc(C(O)(C(F)(F)F)C(F)(F)F)cc4)c(Cl)c3)C2)C1. The quantitative estimate of drug-likeness (QED) is 0.569. The van der Waals surface area contributed by atoms with Crippen molar-refractivity contribution < 1.29 is 39.9 Å². The smallest absolute Gasteiger partial charge is 0.369 e. The maximum atomic E-state index is 13.1. The Balaban J connectivity index is 1.44. The van der Waals surface area contributed by atoms with Gasteiger partial charge in [0.25, 0.3) is 5.60 Å². The van der Waals surface area contributed by atoms with Gasteiger partial charge in [-0.1, -0.05) is 48.0 Å². The lowest BCUT2D eigenvalue weighted by Crippen LogP contribution is -2.72. The lowest BCUT2D eigenvalue weighted by molar-refractivity contribution is -0.376. The van der Waals surface area contributed by atoms with Gasteiger partial charge in [0, 0.05) is 54.3 Å².